The van der Waals surface area contributed by atoms with Crippen molar-refractivity contribution < 1.29 is 13.2 Å². The second-order valence-electron chi connectivity index (χ2n) is 4.14. The predicted octanol–water partition coefficient (Wildman–Crippen LogP) is 3.71. The highest BCUT2D eigenvalue weighted by molar-refractivity contribution is 8.35. The van der Waals surface area contributed by atoms with Crippen molar-refractivity contribution in [2.75, 3.05) is 18.8 Å². The van der Waals surface area contributed by atoms with Crippen molar-refractivity contribution in [3.8, 4) is 11.2 Å². The summed E-state index contributed by atoms with van der Waals surface area (Å²) in [6, 6.07) is 5.10. The van der Waals surface area contributed by atoms with Gasteiger partial charge >= 0.3 is 6.18 Å². The standard InChI is InChI=1S/C12H13F3S/c1-16(2,3)8-7-10-5-4-6-11(9-10)12(13,14)15/h4-6,9H,1-3H3. The maximum absolute atomic E-state index is 12.4. The van der Waals surface area contributed by atoms with Crippen molar-refractivity contribution >= 4 is 10.0 Å². The van der Waals surface area contributed by atoms with Crippen molar-refractivity contribution in [2.45, 2.75) is 6.18 Å². The molecule has 0 atom stereocenters. The van der Waals surface area contributed by atoms with Crippen molar-refractivity contribution in [2.24, 2.45) is 0 Å². The van der Waals surface area contributed by atoms with Gasteiger partial charge < -0.3 is 0 Å². The Morgan fingerprint density at radius 1 is 1.12 bits per heavy atom. The molecule has 0 nitrogen and oxygen atoms in total. The van der Waals surface area contributed by atoms with Crippen LogP contribution in [0, 0.1) is 11.2 Å². The molecule has 0 aliphatic heterocycles. The Morgan fingerprint density at radius 2 is 1.75 bits per heavy atom. The number of alkyl halides is 3. The molecule has 0 radical (unpaired) electrons. The highest BCUT2D eigenvalue weighted by atomic mass is 32.3. The number of benzene rings is 1. The Bertz CT molecular complexity index is 430. The van der Waals surface area contributed by atoms with Gasteiger partial charge in [0.15, 0.2) is 0 Å². The molecule has 0 saturated carbocycles. The lowest BCUT2D eigenvalue weighted by Crippen LogP contribution is -2.04. The molecule has 88 valence electrons. The summed E-state index contributed by atoms with van der Waals surface area (Å²) in [5.41, 5.74) is -0.236. The zero-order valence-corrected chi connectivity index (χ0v) is 10.2. The Hall–Kier alpha value is -1.08. The molecular formula is C12H13F3S. The maximum Gasteiger partial charge on any atom is 0.416 e. The molecule has 0 aliphatic carbocycles. The van der Waals surface area contributed by atoms with Crippen LogP contribution in [0.4, 0.5) is 13.2 Å². The number of hydrogen-bond acceptors (Lipinski definition) is 0. The fourth-order valence-electron chi connectivity index (χ4n) is 0.985. The quantitative estimate of drug-likeness (QED) is 0.612. The first-order valence-corrected chi connectivity index (χ1v) is 7.42. The molecular weight excluding hydrogens is 233 g/mol. The van der Waals surface area contributed by atoms with E-state index in [1.807, 2.05) is 18.8 Å². The van der Waals surface area contributed by atoms with Crippen LogP contribution in [-0.2, 0) is 6.18 Å². The lowest BCUT2D eigenvalue weighted by molar-refractivity contribution is -0.137. The molecule has 0 N–H and O–H groups in total. The van der Waals surface area contributed by atoms with Crippen LogP contribution in [0.3, 0.4) is 0 Å². The van der Waals surface area contributed by atoms with E-state index in [-0.39, 0.29) is 0 Å². The average Bonchev–Trinajstić information content (AvgIpc) is 2.13. The van der Waals surface area contributed by atoms with Crippen LogP contribution in [0.5, 0.6) is 0 Å². The summed E-state index contributed by atoms with van der Waals surface area (Å²) in [5, 5.41) is 2.98. The SMILES string of the molecule is CS(C)(C)C#Cc1cccc(C(F)(F)F)c1. The normalized spacial score (nSPS) is 12.9. The number of rotatable bonds is 0. The van der Waals surface area contributed by atoms with Crippen LogP contribution < -0.4 is 0 Å². The fraction of sp³-hybridized carbons (Fsp3) is 0.333. The summed E-state index contributed by atoms with van der Waals surface area (Å²) >= 11 is 0. The Morgan fingerprint density at radius 3 is 2.25 bits per heavy atom. The average molecular weight is 246 g/mol. The number of halogens is 3. The summed E-state index contributed by atoms with van der Waals surface area (Å²) in [4.78, 5) is 0. The minimum absolute atomic E-state index is 0.414. The van der Waals surface area contributed by atoms with Gasteiger partial charge in [-0.15, -0.1) is 0 Å². The molecule has 0 saturated heterocycles. The van der Waals surface area contributed by atoms with Crippen LogP contribution in [0.1, 0.15) is 11.1 Å². The molecule has 0 bridgehead atoms. The summed E-state index contributed by atoms with van der Waals surface area (Å²) in [5.74, 6) is 2.78. The molecule has 1 rings (SSSR count). The van der Waals surface area contributed by atoms with Crippen LogP contribution in [0.15, 0.2) is 24.3 Å². The maximum atomic E-state index is 12.4. The second-order valence-corrected chi connectivity index (χ2v) is 8.02. The van der Waals surface area contributed by atoms with Crippen LogP contribution in [0.2, 0.25) is 0 Å². The Labute approximate surface area is 95.2 Å². The molecule has 16 heavy (non-hydrogen) atoms. The van der Waals surface area contributed by atoms with E-state index in [0.717, 1.165) is 12.1 Å². The van der Waals surface area contributed by atoms with Gasteiger partial charge in [0.05, 0.1) is 5.56 Å². The second kappa shape index (κ2) is 4.42. The highest BCUT2D eigenvalue weighted by Crippen LogP contribution is 2.33. The zero-order valence-electron chi connectivity index (χ0n) is 9.35. The van der Waals surface area contributed by atoms with Gasteiger partial charge in [0.2, 0.25) is 0 Å². The largest absolute Gasteiger partial charge is 0.416 e. The molecule has 0 amide bonds. The van der Waals surface area contributed by atoms with Crippen molar-refractivity contribution in [3.05, 3.63) is 35.4 Å². The minimum Gasteiger partial charge on any atom is -0.186 e. The first kappa shape index (κ1) is 13.0. The molecule has 0 fully saturated rings. The smallest absolute Gasteiger partial charge is 0.186 e. The van der Waals surface area contributed by atoms with Crippen LogP contribution in [0.25, 0.3) is 0 Å². The molecule has 0 heterocycles. The fourth-order valence-corrected chi connectivity index (χ4v) is 1.41. The van der Waals surface area contributed by atoms with Gasteiger partial charge in [-0.1, -0.05) is 12.0 Å². The minimum atomic E-state index is -4.30. The van der Waals surface area contributed by atoms with Crippen molar-refractivity contribution in [1.29, 1.82) is 0 Å². The first-order valence-electron chi connectivity index (χ1n) is 4.57. The van der Waals surface area contributed by atoms with Gasteiger partial charge in [0, 0.05) is 5.56 Å². The number of hydrogen-bond donors (Lipinski definition) is 0. The highest BCUT2D eigenvalue weighted by Gasteiger charge is 2.30. The molecule has 4 heteroatoms. The van der Waals surface area contributed by atoms with Crippen LogP contribution >= 0.6 is 10.0 Å². The summed E-state index contributed by atoms with van der Waals surface area (Å²) in [7, 11) is -1.01. The molecule has 1 aromatic carbocycles. The van der Waals surface area contributed by atoms with Gasteiger partial charge in [-0.3, -0.25) is 0 Å². The van der Waals surface area contributed by atoms with Gasteiger partial charge in [-0.2, -0.15) is 23.2 Å². The molecule has 0 aliphatic rings. The van der Waals surface area contributed by atoms with Crippen molar-refractivity contribution in [1.82, 2.24) is 0 Å². The van der Waals surface area contributed by atoms with Gasteiger partial charge in [-0.25, -0.2) is 0 Å². The van der Waals surface area contributed by atoms with E-state index in [0.29, 0.717) is 5.56 Å². The molecule has 0 spiro atoms. The van der Waals surface area contributed by atoms with E-state index < -0.39 is 21.8 Å². The Balaban J connectivity index is 3.04. The zero-order chi connectivity index (χ0) is 12.4. The predicted molar refractivity (Wildman–Crippen MR) is 63.7 cm³/mol. The van der Waals surface area contributed by atoms with Gasteiger partial charge in [0.25, 0.3) is 0 Å². The summed E-state index contributed by atoms with van der Waals surface area (Å²) in [6.45, 7) is 0. The van der Waals surface area contributed by atoms with E-state index in [4.69, 9.17) is 0 Å². The summed E-state index contributed by atoms with van der Waals surface area (Å²) in [6.07, 6.45) is 1.68. The topological polar surface area (TPSA) is 0 Å². The lowest BCUT2D eigenvalue weighted by atomic mass is 10.1. The van der Waals surface area contributed by atoms with E-state index >= 15 is 0 Å². The summed E-state index contributed by atoms with van der Waals surface area (Å²) < 4.78 is 37.2. The molecule has 1 aromatic rings. The third-order valence-corrected chi connectivity index (χ3v) is 2.41. The van der Waals surface area contributed by atoms with Gasteiger partial charge in [-0.05, 0) is 42.2 Å². The first-order chi connectivity index (χ1) is 7.18. The lowest BCUT2D eigenvalue weighted by Gasteiger charge is -2.14. The van der Waals surface area contributed by atoms with Gasteiger partial charge in [0.1, 0.15) is 0 Å². The van der Waals surface area contributed by atoms with E-state index in [1.54, 1.807) is 6.07 Å². The molecule has 0 aromatic heterocycles. The Kier molecular flexibility index (Phi) is 3.59. The van der Waals surface area contributed by atoms with Crippen LogP contribution in [-0.4, -0.2) is 18.8 Å². The van der Waals surface area contributed by atoms with E-state index in [1.165, 1.54) is 6.07 Å². The molecule has 0 unspecified atom stereocenters. The third-order valence-electron chi connectivity index (χ3n) is 1.69. The van der Waals surface area contributed by atoms with Crippen molar-refractivity contribution in [3.63, 3.8) is 0 Å². The van der Waals surface area contributed by atoms with E-state index in [2.05, 4.69) is 11.2 Å². The van der Waals surface area contributed by atoms with E-state index in [9.17, 15) is 13.2 Å². The third kappa shape index (κ3) is 4.19. The monoisotopic (exact) mass is 246 g/mol.